The van der Waals surface area contributed by atoms with E-state index >= 15 is 0 Å². The van der Waals surface area contributed by atoms with Gasteiger partial charge in [0.2, 0.25) is 0 Å². The minimum Gasteiger partial charge on any atom is -0.504 e. The van der Waals surface area contributed by atoms with Crippen LogP contribution in [0.15, 0.2) is 12.1 Å². The number of phenolic OH excluding ortho intramolecular Hbond substituents is 1. The molecule has 0 aromatic heterocycles. The lowest BCUT2D eigenvalue weighted by Crippen LogP contribution is -2.41. The third kappa shape index (κ3) is 4.84. The Morgan fingerprint density at radius 2 is 2.08 bits per heavy atom. The molecule has 1 aliphatic rings. The van der Waals surface area contributed by atoms with Crippen LogP contribution in [0.5, 0.6) is 11.5 Å². The molecule has 1 aromatic rings. The van der Waals surface area contributed by atoms with Crippen molar-refractivity contribution >= 4 is 10.3 Å². The molecule has 1 aromatic carbocycles. The maximum absolute atomic E-state index is 11.3. The molecule has 1 aliphatic heterocycles. The van der Waals surface area contributed by atoms with Crippen molar-refractivity contribution in [1.29, 1.82) is 0 Å². The fourth-order valence-electron chi connectivity index (χ4n) is 3.57. The molecular weight excluding hydrogens is 328 g/mol. The van der Waals surface area contributed by atoms with Crippen molar-refractivity contribution in [2.24, 2.45) is 5.14 Å². The predicted molar refractivity (Wildman–Crippen MR) is 94.4 cm³/mol. The van der Waals surface area contributed by atoms with Gasteiger partial charge in [-0.2, -0.15) is 13.6 Å². The van der Waals surface area contributed by atoms with Gasteiger partial charge in [-0.1, -0.05) is 26.3 Å². The first-order chi connectivity index (χ1) is 11.4. The smallest absolute Gasteiger partial charge is 0.380 e. The monoisotopic (exact) mass is 356 g/mol. The number of hydrogen-bond acceptors (Lipinski definition) is 5. The van der Waals surface area contributed by atoms with Crippen LogP contribution < -0.4 is 9.32 Å². The minimum absolute atomic E-state index is 0.0321. The van der Waals surface area contributed by atoms with Crippen LogP contribution in [-0.4, -0.2) is 37.6 Å². The summed E-state index contributed by atoms with van der Waals surface area (Å²) in [6.45, 7) is 6.28. The molecule has 0 spiro atoms. The molecule has 0 amide bonds. The Morgan fingerprint density at radius 1 is 1.33 bits per heavy atom. The summed E-state index contributed by atoms with van der Waals surface area (Å²) in [7, 11) is -4.17. The summed E-state index contributed by atoms with van der Waals surface area (Å²) in [6.07, 6.45) is 6.08. The molecule has 0 saturated carbocycles. The highest BCUT2D eigenvalue weighted by molar-refractivity contribution is 7.84. The van der Waals surface area contributed by atoms with Gasteiger partial charge < -0.3 is 14.2 Å². The van der Waals surface area contributed by atoms with E-state index in [1.54, 1.807) is 0 Å². The summed E-state index contributed by atoms with van der Waals surface area (Å²) in [5.74, 6) is -0.228. The molecule has 24 heavy (non-hydrogen) atoms. The van der Waals surface area contributed by atoms with E-state index in [1.165, 1.54) is 18.9 Å². The second-order valence-electron chi connectivity index (χ2n) is 6.37. The van der Waals surface area contributed by atoms with E-state index in [0.717, 1.165) is 37.9 Å². The van der Waals surface area contributed by atoms with Gasteiger partial charge in [0.15, 0.2) is 11.5 Å². The quantitative estimate of drug-likeness (QED) is 0.782. The highest BCUT2D eigenvalue weighted by Crippen LogP contribution is 2.35. The second kappa shape index (κ2) is 8.18. The molecule has 1 atom stereocenters. The SMILES string of the molecule is CCCN1CCCC[C@H]1Cc1ccc(O)c(OS(N)(=O)=O)c1CC. The number of piperidine rings is 1. The summed E-state index contributed by atoms with van der Waals surface area (Å²) < 4.78 is 27.4. The third-order valence-corrected chi connectivity index (χ3v) is 5.00. The molecule has 1 fully saturated rings. The summed E-state index contributed by atoms with van der Waals surface area (Å²) in [5.41, 5.74) is 1.73. The Balaban J connectivity index is 2.30. The number of phenols is 1. The molecule has 0 radical (unpaired) electrons. The first-order valence-electron chi connectivity index (χ1n) is 8.65. The van der Waals surface area contributed by atoms with Crippen molar-refractivity contribution in [3.8, 4) is 11.5 Å². The number of nitrogens with zero attached hydrogens (tertiary/aromatic N) is 1. The molecule has 136 valence electrons. The molecule has 1 heterocycles. The Hall–Kier alpha value is -1.31. The Bertz CT molecular complexity index is 659. The van der Waals surface area contributed by atoms with Gasteiger partial charge in [-0.3, -0.25) is 0 Å². The number of benzene rings is 1. The largest absolute Gasteiger partial charge is 0.504 e. The van der Waals surface area contributed by atoms with Crippen molar-refractivity contribution < 1.29 is 17.7 Å². The topological polar surface area (TPSA) is 92.9 Å². The highest BCUT2D eigenvalue weighted by atomic mass is 32.2. The maximum Gasteiger partial charge on any atom is 0.380 e. The fourth-order valence-corrected chi connectivity index (χ4v) is 3.99. The van der Waals surface area contributed by atoms with Gasteiger partial charge in [0.25, 0.3) is 0 Å². The average molecular weight is 356 g/mol. The van der Waals surface area contributed by atoms with E-state index in [0.29, 0.717) is 18.0 Å². The van der Waals surface area contributed by atoms with E-state index in [9.17, 15) is 13.5 Å². The maximum atomic E-state index is 11.3. The van der Waals surface area contributed by atoms with Crippen LogP contribution in [0.2, 0.25) is 0 Å². The normalized spacial score (nSPS) is 19.4. The molecule has 2 rings (SSSR count). The first kappa shape index (κ1) is 19.0. The molecule has 7 heteroatoms. The van der Waals surface area contributed by atoms with Crippen molar-refractivity contribution in [1.82, 2.24) is 4.90 Å². The summed E-state index contributed by atoms with van der Waals surface area (Å²) in [6, 6.07) is 3.79. The Kier molecular flexibility index (Phi) is 6.48. The summed E-state index contributed by atoms with van der Waals surface area (Å²) >= 11 is 0. The van der Waals surface area contributed by atoms with Crippen molar-refractivity contribution in [2.45, 2.75) is 58.4 Å². The van der Waals surface area contributed by atoms with Crippen LogP contribution in [-0.2, 0) is 23.1 Å². The number of likely N-dealkylation sites (tertiary alicyclic amines) is 1. The lowest BCUT2D eigenvalue weighted by Gasteiger charge is -2.36. The van der Waals surface area contributed by atoms with Crippen LogP contribution in [0.25, 0.3) is 0 Å². The third-order valence-electron chi connectivity index (χ3n) is 4.61. The van der Waals surface area contributed by atoms with Gasteiger partial charge in [-0.25, -0.2) is 0 Å². The zero-order valence-electron chi connectivity index (χ0n) is 14.5. The molecule has 1 saturated heterocycles. The van der Waals surface area contributed by atoms with Gasteiger partial charge in [0.1, 0.15) is 0 Å². The zero-order chi connectivity index (χ0) is 17.7. The second-order valence-corrected chi connectivity index (χ2v) is 7.52. The fraction of sp³-hybridized carbons (Fsp3) is 0.647. The number of rotatable bonds is 7. The van der Waals surface area contributed by atoms with Crippen molar-refractivity contribution in [3.05, 3.63) is 23.3 Å². The molecule has 3 N–H and O–H groups in total. The summed E-state index contributed by atoms with van der Waals surface area (Å²) in [4.78, 5) is 2.51. The molecule has 0 bridgehead atoms. The Labute approximate surface area is 144 Å². The van der Waals surface area contributed by atoms with Gasteiger partial charge in [0.05, 0.1) is 0 Å². The zero-order valence-corrected chi connectivity index (χ0v) is 15.3. The lowest BCUT2D eigenvalue weighted by molar-refractivity contribution is 0.147. The molecular formula is C17H28N2O4S. The van der Waals surface area contributed by atoms with Crippen LogP contribution in [0.3, 0.4) is 0 Å². The summed E-state index contributed by atoms with van der Waals surface area (Å²) in [5, 5.41) is 15.0. The van der Waals surface area contributed by atoms with E-state index in [1.807, 2.05) is 13.0 Å². The van der Waals surface area contributed by atoms with Crippen LogP contribution >= 0.6 is 0 Å². The molecule has 0 unspecified atom stereocenters. The van der Waals surface area contributed by atoms with Gasteiger partial charge >= 0.3 is 10.3 Å². The van der Waals surface area contributed by atoms with Gasteiger partial charge in [-0.05, 0) is 56.8 Å². The Morgan fingerprint density at radius 3 is 2.71 bits per heavy atom. The van der Waals surface area contributed by atoms with E-state index in [-0.39, 0.29) is 11.5 Å². The van der Waals surface area contributed by atoms with Crippen molar-refractivity contribution in [3.63, 3.8) is 0 Å². The van der Waals surface area contributed by atoms with E-state index < -0.39 is 10.3 Å². The average Bonchev–Trinajstić information content (AvgIpc) is 2.51. The van der Waals surface area contributed by atoms with Crippen molar-refractivity contribution in [2.75, 3.05) is 13.1 Å². The van der Waals surface area contributed by atoms with Crippen LogP contribution in [0.4, 0.5) is 0 Å². The van der Waals surface area contributed by atoms with Crippen LogP contribution in [0, 0.1) is 0 Å². The number of aromatic hydroxyl groups is 1. The first-order valence-corrected chi connectivity index (χ1v) is 10.1. The standard InChI is InChI=1S/C17H28N2O4S/c1-3-10-19-11-6-5-7-14(19)12-13-8-9-16(20)17(15(13)4-2)23-24(18,21)22/h8-9,14,20H,3-7,10-12H2,1-2H3,(H2,18,21,22)/t14-/m0/s1. The van der Waals surface area contributed by atoms with Crippen LogP contribution in [0.1, 0.15) is 50.7 Å². The predicted octanol–water partition coefficient (Wildman–Crippen LogP) is 2.34. The van der Waals surface area contributed by atoms with Gasteiger partial charge in [-0.15, -0.1) is 0 Å². The number of nitrogens with two attached hydrogens (primary N) is 1. The molecule has 0 aliphatic carbocycles. The highest BCUT2D eigenvalue weighted by Gasteiger charge is 2.25. The number of hydrogen-bond donors (Lipinski definition) is 2. The minimum atomic E-state index is -4.17. The van der Waals surface area contributed by atoms with E-state index in [2.05, 4.69) is 11.8 Å². The van der Waals surface area contributed by atoms with Gasteiger partial charge in [0, 0.05) is 11.6 Å². The van der Waals surface area contributed by atoms with E-state index in [4.69, 9.17) is 9.32 Å². The lowest BCUT2D eigenvalue weighted by atomic mass is 9.91. The molecule has 6 nitrogen and oxygen atoms in total.